The lowest BCUT2D eigenvalue weighted by atomic mass is 9.93. The van der Waals surface area contributed by atoms with Crippen molar-refractivity contribution in [1.82, 2.24) is 9.13 Å². The number of halogens is 2. The Morgan fingerprint density at radius 3 is 1.95 bits per heavy atom. The van der Waals surface area contributed by atoms with Crippen molar-refractivity contribution in [1.29, 1.82) is 0 Å². The summed E-state index contributed by atoms with van der Waals surface area (Å²) in [6.45, 7) is 6.44. The highest BCUT2D eigenvalue weighted by molar-refractivity contribution is 6.46. The van der Waals surface area contributed by atoms with Gasteiger partial charge in [0, 0.05) is 34.9 Å². The van der Waals surface area contributed by atoms with Crippen LogP contribution in [0, 0.1) is 20.8 Å². The maximum absolute atomic E-state index is 13.3. The SMILES string of the molecule is Cc1cc(C)c(-c2ccc3c(c2)c2c(cc(C=C4C(=O)c5cc(Cl)c(Cl)cc5C4=O)n2C)n3-c2ccccc2)c(C)c1. The van der Waals surface area contributed by atoms with Gasteiger partial charge in [-0.1, -0.05) is 65.2 Å². The Morgan fingerprint density at radius 2 is 1.33 bits per heavy atom. The number of carbonyl (C=O) groups is 2. The lowest BCUT2D eigenvalue weighted by molar-refractivity contribution is 0.0990. The van der Waals surface area contributed by atoms with Gasteiger partial charge in [-0.25, -0.2) is 0 Å². The number of Topliss-reactive ketones (excluding diaryl/α,β-unsaturated/α-hetero) is 2. The summed E-state index contributed by atoms with van der Waals surface area (Å²) in [5.74, 6) is -0.689. The second-order valence-corrected chi connectivity index (χ2v) is 11.9. The van der Waals surface area contributed by atoms with Crippen molar-refractivity contribution in [3.8, 4) is 16.8 Å². The first-order valence-electron chi connectivity index (χ1n) is 13.7. The minimum Gasteiger partial charge on any atom is -0.342 e. The van der Waals surface area contributed by atoms with Crippen molar-refractivity contribution in [2.45, 2.75) is 20.8 Å². The fourth-order valence-corrected chi connectivity index (χ4v) is 6.85. The summed E-state index contributed by atoms with van der Waals surface area (Å²) in [7, 11) is 1.98. The van der Waals surface area contributed by atoms with Gasteiger partial charge in [0.2, 0.25) is 0 Å². The van der Waals surface area contributed by atoms with E-state index in [9.17, 15) is 9.59 Å². The average molecular weight is 590 g/mol. The molecular formula is C36H26Cl2N2O2. The summed E-state index contributed by atoms with van der Waals surface area (Å²) < 4.78 is 4.30. The molecule has 0 fully saturated rings. The van der Waals surface area contributed by atoms with Gasteiger partial charge in [0.05, 0.1) is 32.2 Å². The molecule has 0 bridgehead atoms. The molecule has 1 aliphatic rings. The van der Waals surface area contributed by atoms with E-state index in [1.807, 2.05) is 31.3 Å². The van der Waals surface area contributed by atoms with Crippen LogP contribution in [0.2, 0.25) is 10.0 Å². The molecule has 4 aromatic carbocycles. The van der Waals surface area contributed by atoms with Crippen molar-refractivity contribution >= 4 is 62.8 Å². The maximum atomic E-state index is 13.3. The van der Waals surface area contributed by atoms with E-state index in [2.05, 4.69) is 72.4 Å². The van der Waals surface area contributed by atoms with E-state index in [0.717, 1.165) is 38.9 Å². The van der Waals surface area contributed by atoms with Gasteiger partial charge in [0.1, 0.15) is 0 Å². The normalized spacial score (nSPS) is 13.0. The number of rotatable bonds is 3. The summed E-state index contributed by atoms with van der Waals surface area (Å²) in [6.07, 6.45) is 1.69. The number of para-hydroxylation sites is 1. The van der Waals surface area contributed by atoms with Gasteiger partial charge >= 0.3 is 0 Å². The Morgan fingerprint density at radius 1 is 0.714 bits per heavy atom. The number of nitrogens with zero attached hydrogens (tertiary/aromatic N) is 2. The van der Waals surface area contributed by atoms with Crippen molar-refractivity contribution in [2.75, 3.05) is 0 Å². The third-order valence-electron chi connectivity index (χ3n) is 8.29. The Labute approximate surface area is 253 Å². The number of ketones is 2. The standard InChI is InChI=1S/C36H26Cl2N2O2/c1-19-12-20(2)33(21(3)13-19)22-10-11-31-27(14-22)34-32(40(31)23-8-6-5-7-9-23)16-24(39(34)4)15-28-35(41)25-17-29(37)30(38)18-26(25)36(28)42/h5-18H,1-4H3. The number of aryl methyl sites for hydroxylation is 4. The molecule has 6 aromatic rings. The van der Waals surface area contributed by atoms with Crippen molar-refractivity contribution in [3.63, 3.8) is 0 Å². The highest BCUT2D eigenvalue weighted by Crippen LogP contribution is 2.39. The molecule has 0 aliphatic heterocycles. The van der Waals surface area contributed by atoms with Gasteiger partial charge in [-0.2, -0.15) is 0 Å². The number of hydrogen-bond acceptors (Lipinski definition) is 2. The third-order valence-corrected chi connectivity index (χ3v) is 9.02. The van der Waals surface area contributed by atoms with Crippen LogP contribution in [0.4, 0.5) is 0 Å². The van der Waals surface area contributed by atoms with Crippen LogP contribution in [0.3, 0.4) is 0 Å². The summed E-state index contributed by atoms with van der Waals surface area (Å²) >= 11 is 12.3. The largest absolute Gasteiger partial charge is 0.342 e. The Bertz CT molecular complexity index is 2120. The van der Waals surface area contributed by atoms with E-state index in [1.165, 1.54) is 34.4 Å². The molecule has 0 atom stereocenters. The van der Waals surface area contributed by atoms with Gasteiger partial charge in [-0.05, 0) is 91.6 Å². The van der Waals surface area contributed by atoms with Gasteiger partial charge in [0.25, 0.3) is 0 Å². The molecule has 2 heterocycles. The summed E-state index contributed by atoms with van der Waals surface area (Å²) in [5.41, 5.74) is 11.6. The average Bonchev–Trinajstić information content (AvgIpc) is 3.52. The van der Waals surface area contributed by atoms with Crippen molar-refractivity contribution < 1.29 is 9.59 Å². The third kappa shape index (κ3) is 3.90. The molecule has 42 heavy (non-hydrogen) atoms. The van der Waals surface area contributed by atoms with Gasteiger partial charge in [0.15, 0.2) is 11.6 Å². The molecule has 0 radical (unpaired) electrons. The second kappa shape index (κ2) is 9.59. The van der Waals surface area contributed by atoms with Crippen LogP contribution < -0.4 is 0 Å². The van der Waals surface area contributed by atoms with Crippen molar-refractivity contribution in [2.24, 2.45) is 7.05 Å². The summed E-state index contributed by atoms with van der Waals surface area (Å²) in [5, 5.41) is 1.59. The monoisotopic (exact) mass is 588 g/mol. The molecule has 2 aromatic heterocycles. The number of allylic oxidation sites excluding steroid dienone is 1. The van der Waals surface area contributed by atoms with Crippen LogP contribution in [0.15, 0.2) is 84.4 Å². The molecule has 0 saturated heterocycles. The number of hydrogen-bond donors (Lipinski definition) is 0. The molecule has 1 aliphatic carbocycles. The van der Waals surface area contributed by atoms with E-state index in [0.29, 0.717) is 0 Å². The highest BCUT2D eigenvalue weighted by atomic mass is 35.5. The Balaban J connectivity index is 1.48. The lowest BCUT2D eigenvalue weighted by Gasteiger charge is -2.13. The zero-order valence-electron chi connectivity index (χ0n) is 23.5. The van der Waals surface area contributed by atoms with Crippen LogP contribution in [-0.4, -0.2) is 20.7 Å². The minimum atomic E-state index is -0.345. The summed E-state index contributed by atoms with van der Waals surface area (Å²) in [4.78, 5) is 26.6. The first-order chi connectivity index (χ1) is 20.1. The molecule has 0 unspecified atom stereocenters. The van der Waals surface area contributed by atoms with E-state index in [4.69, 9.17) is 23.2 Å². The van der Waals surface area contributed by atoms with Crippen LogP contribution in [0.5, 0.6) is 0 Å². The molecule has 6 heteroatoms. The van der Waals surface area contributed by atoms with Crippen LogP contribution >= 0.6 is 23.2 Å². The van der Waals surface area contributed by atoms with Gasteiger partial charge in [-0.15, -0.1) is 0 Å². The summed E-state index contributed by atoms with van der Waals surface area (Å²) in [6, 6.07) is 26.3. The predicted molar refractivity (Wildman–Crippen MR) is 172 cm³/mol. The smallest absolute Gasteiger partial charge is 0.197 e. The van der Waals surface area contributed by atoms with Gasteiger partial charge < -0.3 is 9.13 Å². The number of aromatic nitrogens is 2. The molecular weight excluding hydrogens is 563 g/mol. The van der Waals surface area contributed by atoms with E-state index < -0.39 is 0 Å². The molecule has 7 rings (SSSR count). The molecule has 0 N–H and O–H groups in total. The quantitative estimate of drug-likeness (QED) is 0.152. The first-order valence-corrected chi connectivity index (χ1v) is 14.5. The molecule has 206 valence electrons. The molecule has 0 spiro atoms. The highest BCUT2D eigenvalue weighted by Gasteiger charge is 2.34. The number of fused-ring (bicyclic) bond motifs is 4. The Kier molecular flexibility index (Phi) is 6.05. The molecule has 4 nitrogen and oxygen atoms in total. The number of benzene rings is 4. The van der Waals surface area contributed by atoms with Crippen LogP contribution in [0.1, 0.15) is 43.1 Å². The topological polar surface area (TPSA) is 44.0 Å². The predicted octanol–water partition coefficient (Wildman–Crippen LogP) is 9.48. The van der Waals surface area contributed by atoms with E-state index in [1.54, 1.807) is 6.08 Å². The molecule has 0 saturated carbocycles. The fourth-order valence-electron chi connectivity index (χ4n) is 6.53. The van der Waals surface area contributed by atoms with Gasteiger partial charge in [-0.3, -0.25) is 9.59 Å². The molecule has 0 amide bonds. The number of carbonyl (C=O) groups excluding carboxylic acids is 2. The second-order valence-electron chi connectivity index (χ2n) is 11.1. The van der Waals surface area contributed by atoms with Crippen LogP contribution in [-0.2, 0) is 7.05 Å². The lowest BCUT2D eigenvalue weighted by Crippen LogP contribution is -2.02. The van der Waals surface area contributed by atoms with Crippen LogP contribution in [0.25, 0.3) is 44.8 Å². The maximum Gasteiger partial charge on any atom is 0.197 e. The fraction of sp³-hybridized carbons (Fsp3) is 0.111. The zero-order valence-corrected chi connectivity index (χ0v) is 25.1. The first kappa shape index (κ1) is 26.5. The Hall–Kier alpha value is -4.38. The van der Waals surface area contributed by atoms with E-state index >= 15 is 0 Å². The minimum absolute atomic E-state index is 0.105. The van der Waals surface area contributed by atoms with Crippen molar-refractivity contribution in [3.05, 3.63) is 128 Å². The van der Waals surface area contributed by atoms with E-state index in [-0.39, 0.29) is 38.3 Å². The zero-order chi connectivity index (χ0) is 29.4.